The molecule has 0 spiro atoms. The smallest absolute Gasteiger partial charge is 0.255 e. The van der Waals surface area contributed by atoms with Gasteiger partial charge in [0, 0.05) is 24.8 Å². The fraction of sp³-hybridized carbons (Fsp3) is 0.636. The first-order chi connectivity index (χ1) is 13.5. The lowest BCUT2D eigenvalue weighted by atomic mass is 9.89. The number of benzene rings is 1. The van der Waals surface area contributed by atoms with Gasteiger partial charge in [-0.05, 0) is 63.1 Å². The molecule has 1 unspecified atom stereocenters. The van der Waals surface area contributed by atoms with Crippen LogP contribution < -0.4 is 10.6 Å². The fourth-order valence-electron chi connectivity index (χ4n) is 4.25. The monoisotopic (exact) mass is 405 g/mol. The zero-order valence-electron chi connectivity index (χ0n) is 16.8. The zero-order valence-corrected chi connectivity index (χ0v) is 17.6. The minimum absolute atomic E-state index is 0.00558. The third-order valence-corrected chi connectivity index (χ3v) is 6.34. The molecular weight excluding hydrogens is 374 g/mol. The quantitative estimate of drug-likeness (QED) is 0.734. The lowest BCUT2D eigenvalue weighted by Gasteiger charge is -2.33. The number of carbonyl (C=O) groups excluding carboxylic acids is 2. The van der Waals surface area contributed by atoms with Gasteiger partial charge in [0.1, 0.15) is 0 Å². The van der Waals surface area contributed by atoms with Crippen LogP contribution in [-0.4, -0.2) is 42.4 Å². The average molecular weight is 406 g/mol. The van der Waals surface area contributed by atoms with E-state index in [1.807, 2.05) is 11.0 Å². The van der Waals surface area contributed by atoms with Crippen molar-refractivity contribution in [2.75, 3.05) is 25.0 Å². The van der Waals surface area contributed by atoms with Gasteiger partial charge in [-0.2, -0.15) is 0 Å². The van der Waals surface area contributed by atoms with E-state index in [0.29, 0.717) is 16.5 Å². The molecule has 2 fully saturated rings. The molecule has 1 aromatic rings. The van der Waals surface area contributed by atoms with Gasteiger partial charge in [0.25, 0.3) is 5.91 Å². The van der Waals surface area contributed by atoms with Crippen LogP contribution in [0.15, 0.2) is 18.2 Å². The van der Waals surface area contributed by atoms with Gasteiger partial charge in [-0.1, -0.05) is 30.9 Å². The highest BCUT2D eigenvalue weighted by molar-refractivity contribution is 6.34. The highest BCUT2D eigenvalue weighted by Gasteiger charge is 2.25. The van der Waals surface area contributed by atoms with Crippen molar-refractivity contribution in [3.8, 4) is 0 Å². The number of hydrogen-bond donors (Lipinski definition) is 2. The van der Waals surface area contributed by atoms with E-state index in [9.17, 15) is 9.59 Å². The van der Waals surface area contributed by atoms with Crippen molar-refractivity contribution >= 4 is 29.1 Å². The Kier molecular flexibility index (Phi) is 7.60. The van der Waals surface area contributed by atoms with E-state index in [1.165, 1.54) is 38.5 Å². The van der Waals surface area contributed by atoms with Crippen molar-refractivity contribution in [2.45, 2.75) is 64.3 Å². The summed E-state index contributed by atoms with van der Waals surface area (Å²) in [6, 6.07) is 5.57. The maximum atomic E-state index is 12.8. The standard InChI is InChI=1S/C22H32ClN3O2/c1-16-7-5-6-12-26(16)22(28)19-11-10-18(13-20(19)23)24-15-21(27)25-14-17-8-3-2-4-9-17/h10-11,13,16-17,24H,2-9,12,14-15H2,1H3,(H,25,27). The van der Waals surface area contributed by atoms with Gasteiger partial charge in [0.2, 0.25) is 5.91 Å². The number of carbonyl (C=O) groups is 2. The summed E-state index contributed by atoms with van der Waals surface area (Å²) in [5, 5.41) is 6.55. The summed E-state index contributed by atoms with van der Waals surface area (Å²) in [6.45, 7) is 3.85. The van der Waals surface area contributed by atoms with E-state index in [1.54, 1.807) is 12.1 Å². The molecule has 0 radical (unpaired) electrons. The van der Waals surface area contributed by atoms with E-state index in [0.717, 1.165) is 31.6 Å². The van der Waals surface area contributed by atoms with Gasteiger partial charge >= 0.3 is 0 Å². The van der Waals surface area contributed by atoms with Gasteiger partial charge in [-0.15, -0.1) is 0 Å². The summed E-state index contributed by atoms with van der Waals surface area (Å²) in [7, 11) is 0. The normalized spacial score (nSPS) is 20.6. The fourth-order valence-corrected chi connectivity index (χ4v) is 4.51. The van der Waals surface area contributed by atoms with Crippen LogP contribution in [0.2, 0.25) is 5.02 Å². The van der Waals surface area contributed by atoms with Crippen molar-refractivity contribution in [3.63, 3.8) is 0 Å². The van der Waals surface area contributed by atoms with Crippen molar-refractivity contribution in [2.24, 2.45) is 5.92 Å². The Hall–Kier alpha value is -1.75. The predicted octanol–water partition coefficient (Wildman–Crippen LogP) is 4.46. The van der Waals surface area contributed by atoms with Gasteiger partial charge in [0.05, 0.1) is 17.1 Å². The maximum absolute atomic E-state index is 12.8. The van der Waals surface area contributed by atoms with Crippen LogP contribution in [0.25, 0.3) is 0 Å². The SMILES string of the molecule is CC1CCCCN1C(=O)c1ccc(NCC(=O)NCC2CCCCC2)cc1Cl. The van der Waals surface area contributed by atoms with Gasteiger partial charge in [0.15, 0.2) is 0 Å². The average Bonchev–Trinajstić information content (AvgIpc) is 2.71. The topological polar surface area (TPSA) is 61.4 Å². The molecule has 2 aliphatic rings. The second kappa shape index (κ2) is 10.1. The largest absolute Gasteiger partial charge is 0.376 e. The highest BCUT2D eigenvalue weighted by atomic mass is 35.5. The van der Waals surface area contributed by atoms with E-state index in [4.69, 9.17) is 11.6 Å². The van der Waals surface area contributed by atoms with Gasteiger partial charge in [-0.3, -0.25) is 9.59 Å². The number of amides is 2. The molecule has 2 amide bonds. The summed E-state index contributed by atoms with van der Waals surface area (Å²) < 4.78 is 0. The number of anilines is 1. The van der Waals surface area contributed by atoms with Crippen LogP contribution in [0.4, 0.5) is 5.69 Å². The van der Waals surface area contributed by atoms with Gasteiger partial charge < -0.3 is 15.5 Å². The number of piperidine rings is 1. The first-order valence-electron chi connectivity index (χ1n) is 10.7. The first-order valence-corrected chi connectivity index (χ1v) is 11.0. The Bertz CT molecular complexity index is 688. The van der Waals surface area contributed by atoms with E-state index in [-0.39, 0.29) is 24.4 Å². The number of rotatable bonds is 6. The molecule has 0 bridgehead atoms. The molecule has 3 rings (SSSR count). The zero-order chi connectivity index (χ0) is 19.9. The molecule has 0 aromatic heterocycles. The minimum Gasteiger partial charge on any atom is -0.376 e. The molecular formula is C22H32ClN3O2. The van der Waals surface area contributed by atoms with Crippen LogP contribution in [-0.2, 0) is 4.79 Å². The van der Waals surface area contributed by atoms with E-state index >= 15 is 0 Å². The molecule has 2 N–H and O–H groups in total. The summed E-state index contributed by atoms with van der Waals surface area (Å²) in [4.78, 5) is 26.8. The van der Waals surface area contributed by atoms with Crippen LogP contribution in [0.1, 0.15) is 68.6 Å². The number of hydrogen-bond acceptors (Lipinski definition) is 3. The third-order valence-electron chi connectivity index (χ3n) is 6.03. The minimum atomic E-state index is -0.0102. The molecule has 28 heavy (non-hydrogen) atoms. The molecule has 154 valence electrons. The highest BCUT2D eigenvalue weighted by Crippen LogP contribution is 2.26. The summed E-state index contributed by atoms with van der Waals surface area (Å²) in [5.74, 6) is 0.604. The maximum Gasteiger partial charge on any atom is 0.255 e. The Labute approximate surface area is 173 Å². The molecule has 1 heterocycles. The Morgan fingerprint density at radius 1 is 1.11 bits per heavy atom. The lowest BCUT2D eigenvalue weighted by molar-refractivity contribution is -0.119. The molecule has 5 nitrogen and oxygen atoms in total. The Morgan fingerprint density at radius 2 is 1.86 bits per heavy atom. The number of halogens is 1. The predicted molar refractivity (Wildman–Crippen MR) is 114 cm³/mol. The Balaban J connectivity index is 1.49. The molecule has 1 saturated heterocycles. The van der Waals surface area contributed by atoms with Crippen LogP contribution in [0.3, 0.4) is 0 Å². The second-order valence-corrected chi connectivity index (χ2v) is 8.61. The second-order valence-electron chi connectivity index (χ2n) is 8.20. The van der Waals surface area contributed by atoms with Crippen molar-refractivity contribution in [1.82, 2.24) is 10.2 Å². The molecule has 1 aromatic carbocycles. The molecule has 6 heteroatoms. The summed E-state index contributed by atoms with van der Waals surface area (Å²) >= 11 is 6.38. The Morgan fingerprint density at radius 3 is 2.57 bits per heavy atom. The number of nitrogens with zero attached hydrogens (tertiary/aromatic N) is 1. The number of nitrogens with one attached hydrogen (secondary N) is 2. The summed E-state index contributed by atoms with van der Waals surface area (Å²) in [6.07, 6.45) is 9.56. The molecule has 1 aliphatic carbocycles. The molecule has 1 aliphatic heterocycles. The summed E-state index contributed by atoms with van der Waals surface area (Å²) in [5.41, 5.74) is 1.28. The molecule has 1 saturated carbocycles. The van der Waals surface area contributed by atoms with Crippen LogP contribution >= 0.6 is 11.6 Å². The van der Waals surface area contributed by atoms with Crippen LogP contribution in [0, 0.1) is 5.92 Å². The van der Waals surface area contributed by atoms with Gasteiger partial charge in [-0.25, -0.2) is 0 Å². The third kappa shape index (κ3) is 5.63. The lowest BCUT2D eigenvalue weighted by Crippen LogP contribution is -2.42. The van der Waals surface area contributed by atoms with Crippen molar-refractivity contribution in [3.05, 3.63) is 28.8 Å². The van der Waals surface area contributed by atoms with Crippen molar-refractivity contribution < 1.29 is 9.59 Å². The van der Waals surface area contributed by atoms with E-state index in [2.05, 4.69) is 17.6 Å². The molecule has 1 atom stereocenters. The van der Waals surface area contributed by atoms with E-state index < -0.39 is 0 Å². The van der Waals surface area contributed by atoms with Crippen molar-refractivity contribution in [1.29, 1.82) is 0 Å². The first kappa shape index (κ1) is 21.0. The van der Waals surface area contributed by atoms with Crippen LogP contribution in [0.5, 0.6) is 0 Å². The number of likely N-dealkylation sites (tertiary alicyclic amines) is 1.